The zero-order valence-corrected chi connectivity index (χ0v) is 10.3. The van der Waals surface area contributed by atoms with E-state index in [0.29, 0.717) is 5.82 Å². The fourth-order valence-corrected chi connectivity index (χ4v) is 1.95. The highest BCUT2D eigenvalue weighted by Crippen LogP contribution is 2.20. The van der Waals surface area contributed by atoms with E-state index in [2.05, 4.69) is 19.9 Å². The second-order valence-electron chi connectivity index (χ2n) is 4.43. The van der Waals surface area contributed by atoms with E-state index >= 15 is 0 Å². The topological polar surface area (TPSA) is 100 Å². The molecule has 0 saturated heterocycles. The lowest BCUT2D eigenvalue weighted by molar-refractivity contribution is 0.741. The zero-order chi connectivity index (χ0) is 13.4. The second-order valence-corrected chi connectivity index (χ2v) is 4.43. The zero-order valence-electron chi connectivity index (χ0n) is 10.3. The summed E-state index contributed by atoms with van der Waals surface area (Å²) in [4.78, 5) is 25.2. The van der Waals surface area contributed by atoms with Crippen LogP contribution in [-0.2, 0) is 0 Å². The molecule has 0 bridgehead atoms. The van der Waals surface area contributed by atoms with Crippen LogP contribution in [0.2, 0.25) is 0 Å². The first-order chi connectivity index (χ1) is 9.13. The van der Waals surface area contributed by atoms with Crippen LogP contribution in [0.25, 0.3) is 22.3 Å². The first-order valence-electron chi connectivity index (χ1n) is 5.94. The van der Waals surface area contributed by atoms with Gasteiger partial charge in [-0.1, -0.05) is 6.07 Å². The molecule has 2 aromatic heterocycles. The van der Waals surface area contributed by atoms with E-state index in [9.17, 15) is 4.79 Å². The normalized spacial score (nSPS) is 12.7. The summed E-state index contributed by atoms with van der Waals surface area (Å²) in [6, 6.07) is 7.23. The monoisotopic (exact) mass is 255 g/mol. The average Bonchev–Trinajstić information content (AvgIpc) is 2.77. The summed E-state index contributed by atoms with van der Waals surface area (Å²) < 4.78 is 0. The number of benzene rings is 1. The second kappa shape index (κ2) is 4.33. The Morgan fingerprint density at radius 2 is 2.00 bits per heavy atom. The number of rotatable bonds is 2. The number of aromatic nitrogens is 4. The van der Waals surface area contributed by atoms with E-state index in [-0.39, 0.29) is 11.7 Å². The number of nitrogens with zero attached hydrogens (tertiary/aromatic N) is 2. The van der Waals surface area contributed by atoms with E-state index in [1.807, 2.05) is 31.2 Å². The molecule has 2 heterocycles. The molecule has 0 saturated carbocycles. The van der Waals surface area contributed by atoms with Gasteiger partial charge in [0.2, 0.25) is 0 Å². The minimum atomic E-state index is -0.217. The summed E-state index contributed by atoms with van der Waals surface area (Å²) in [5.41, 5.74) is 8.78. The van der Waals surface area contributed by atoms with Crippen LogP contribution in [0.1, 0.15) is 18.8 Å². The lowest BCUT2D eigenvalue weighted by atomic mass is 10.1. The molecule has 1 atom stereocenters. The minimum Gasteiger partial charge on any atom is -0.322 e. The van der Waals surface area contributed by atoms with Crippen molar-refractivity contribution in [3.8, 4) is 11.3 Å². The fourth-order valence-electron chi connectivity index (χ4n) is 1.95. The summed E-state index contributed by atoms with van der Waals surface area (Å²) in [6.07, 6.45) is 1.69. The van der Waals surface area contributed by atoms with Crippen molar-refractivity contribution in [3.05, 3.63) is 46.8 Å². The molecule has 0 radical (unpaired) electrons. The van der Waals surface area contributed by atoms with Crippen LogP contribution < -0.4 is 11.4 Å². The molecule has 3 aromatic rings. The predicted molar refractivity (Wildman–Crippen MR) is 72.5 cm³/mol. The first kappa shape index (κ1) is 11.6. The number of nitrogens with one attached hydrogen (secondary N) is 2. The molecule has 1 unspecified atom stereocenters. The van der Waals surface area contributed by atoms with Gasteiger partial charge in [0.15, 0.2) is 0 Å². The van der Waals surface area contributed by atoms with Crippen molar-refractivity contribution in [3.63, 3.8) is 0 Å². The Labute approximate surface area is 108 Å². The number of hydrogen-bond acceptors (Lipinski definition) is 4. The van der Waals surface area contributed by atoms with Crippen molar-refractivity contribution in [1.82, 2.24) is 19.9 Å². The van der Waals surface area contributed by atoms with Crippen molar-refractivity contribution in [2.45, 2.75) is 13.0 Å². The molecule has 1 aromatic carbocycles. The van der Waals surface area contributed by atoms with Gasteiger partial charge in [-0.15, -0.1) is 0 Å². The first-order valence-corrected chi connectivity index (χ1v) is 5.94. The molecule has 4 N–H and O–H groups in total. The molecule has 0 amide bonds. The van der Waals surface area contributed by atoms with E-state index in [1.54, 1.807) is 6.20 Å². The highest BCUT2D eigenvalue weighted by atomic mass is 16.1. The van der Waals surface area contributed by atoms with Gasteiger partial charge >= 0.3 is 5.69 Å². The van der Waals surface area contributed by atoms with Crippen molar-refractivity contribution in [2.75, 3.05) is 0 Å². The summed E-state index contributed by atoms with van der Waals surface area (Å²) in [7, 11) is 0. The van der Waals surface area contributed by atoms with Crippen molar-refractivity contribution < 1.29 is 0 Å². The van der Waals surface area contributed by atoms with E-state index in [1.165, 1.54) is 0 Å². The maximum atomic E-state index is 11.2. The molecule has 0 aliphatic rings. The lowest BCUT2D eigenvalue weighted by Gasteiger charge is -2.06. The summed E-state index contributed by atoms with van der Waals surface area (Å²) in [5, 5.41) is 0. The Bertz CT molecular complexity index is 787. The van der Waals surface area contributed by atoms with Gasteiger partial charge in [0.05, 0.1) is 22.8 Å². The molecule has 0 fully saturated rings. The number of H-pyrrole nitrogens is 2. The van der Waals surface area contributed by atoms with Crippen molar-refractivity contribution in [2.24, 2.45) is 5.73 Å². The van der Waals surface area contributed by atoms with Crippen molar-refractivity contribution >= 4 is 11.0 Å². The Kier molecular flexibility index (Phi) is 2.64. The lowest BCUT2D eigenvalue weighted by Crippen LogP contribution is -2.09. The molecule has 0 aliphatic heterocycles. The van der Waals surface area contributed by atoms with E-state index in [4.69, 9.17) is 5.73 Å². The molecule has 0 aliphatic carbocycles. The van der Waals surface area contributed by atoms with Crippen molar-refractivity contribution in [1.29, 1.82) is 0 Å². The molecule has 3 rings (SSSR count). The highest BCUT2D eigenvalue weighted by molar-refractivity contribution is 5.80. The number of imidazole rings is 1. The number of aromatic amines is 2. The van der Waals surface area contributed by atoms with Crippen LogP contribution in [0, 0.1) is 0 Å². The molecular weight excluding hydrogens is 242 g/mol. The van der Waals surface area contributed by atoms with Crippen LogP contribution in [0.5, 0.6) is 0 Å². The number of hydrogen-bond donors (Lipinski definition) is 3. The van der Waals surface area contributed by atoms with E-state index < -0.39 is 0 Å². The van der Waals surface area contributed by atoms with E-state index in [0.717, 1.165) is 22.3 Å². The maximum Gasteiger partial charge on any atom is 0.323 e. The van der Waals surface area contributed by atoms with Crippen LogP contribution in [-0.4, -0.2) is 19.9 Å². The molecular formula is C13H13N5O. The smallest absolute Gasteiger partial charge is 0.322 e. The van der Waals surface area contributed by atoms with Crippen LogP contribution >= 0.6 is 0 Å². The van der Waals surface area contributed by atoms with Crippen LogP contribution in [0.4, 0.5) is 0 Å². The SMILES string of the molecule is CC(N)c1nccc(-c2ccc3[nH]c(=O)[nH]c3c2)n1. The molecule has 6 nitrogen and oxygen atoms in total. The largest absolute Gasteiger partial charge is 0.323 e. The van der Waals surface area contributed by atoms with Gasteiger partial charge in [0, 0.05) is 11.8 Å². The summed E-state index contributed by atoms with van der Waals surface area (Å²) >= 11 is 0. The molecule has 0 spiro atoms. The highest BCUT2D eigenvalue weighted by Gasteiger charge is 2.07. The Balaban J connectivity index is 2.12. The fraction of sp³-hybridized carbons (Fsp3) is 0.154. The number of nitrogens with two attached hydrogens (primary N) is 1. The predicted octanol–water partition coefficient (Wildman–Crippen LogP) is 1.33. The summed E-state index contributed by atoms with van der Waals surface area (Å²) in [5.74, 6) is 0.597. The van der Waals surface area contributed by atoms with Gasteiger partial charge in [-0.25, -0.2) is 14.8 Å². The minimum absolute atomic E-state index is 0.212. The summed E-state index contributed by atoms with van der Waals surface area (Å²) in [6.45, 7) is 1.84. The Morgan fingerprint density at radius 3 is 2.79 bits per heavy atom. The molecule has 19 heavy (non-hydrogen) atoms. The van der Waals surface area contributed by atoms with Gasteiger partial charge in [0.1, 0.15) is 5.82 Å². The third-order valence-corrected chi connectivity index (χ3v) is 2.89. The van der Waals surface area contributed by atoms with Crippen LogP contribution in [0.3, 0.4) is 0 Å². The third kappa shape index (κ3) is 2.13. The van der Waals surface area contributed by atoms with Gasteiger partial charge in [-0.2, -0.15) is 0 Å². The van der Waals surface area contributed by atoms with Gasteiger partial charge < -0.3 is 15.7 Å². The quantitative estimate of drug-likeness (QED) is 0.643. The third-order valence-electron chi connectivity index (χ3n) is 2.89. The average molecular weight is 255 g/mol. The van der Waals surface area contributed by atoms with Crippen LogP contribution in [0.15, 0.2) is 35.3 Å². The Morgan fingerprint density at radius 1 is 1.21 bits per heavy atom. The number of fused-ring (bicyclic) bond motifs is 1. The molecule has 96 valence electrons. The van der Waals surface area contributed by atoms with Gasteiger partial charge in [0.25, 0.3) is 0 Å². The maximum absolute atomic E-state index is 11.2. The Hall–Kier alpha value is -2.47. The standard InChI is InChI=1S/C13H13N5O/c1-7(14)12-15-5-4-9(16-12)8-2-3-10-11(6-8)18-13(19)17-10/h2-7H,14H2,1H3,(H2,17,18,19). The van der Waals surface area contributed by atoms with Gasteiger partial charge in [-0.3, -0.25) is 0 Å². The van der Waals surface area contributed by atoms with Gasteiger partial charge in [-0.05, 0) is 25.1 Å². The molecule has 6 heteroatoms.